The maximum Gasteiger partial charge on any atom is 2.00 e. The number of alkyl carbamates (subject to hydrolysis) is 1. The largest absolute Gasteiger partial charge is 2.00 e. The van der Waals surface area contributed by atoms with Crippen molar-refractivity contribution in [3.8, 4) is 0 Å². The van der Waals surface area contributed by atoms with Crippen molar-refractivity contribution in [3.63, 3.8) is 0 Å². The average molecular weight is 370 g/mol. The van der Waals surface area contributed by atoms with Crippen molar-refractivity contribution < 1.29 is 28.1 Å². The van der Waals surface area contributed by atoms with Crippen molar-refractivity contribution >= 4 is 11.8 Å². The molecule has 0 aliphatic carbocycles. The molecule has 1 aliphatic rings. The Kier molecular flexibility index (Phi) is 11.6. The molecule has 2 rings (SSSR count). The summed E-state index contributed by atoms with van der Waals surface area (Å²) in [5.74, 6) is 0. The van der Waals surface area contributed by atoms with Gasteiger partial charge in [-0.1, -0.05) is 5.69 Å². The Bertz CT molecular complexity index is 443. The SMILES string of the molecule is [CH2-]CNC(=O)OC(C)(C)C.[V+2].[c-]1ccc(NC2CCNCC2)cc1. The quantitative estimate of drug-likeness (QED) is 0.716. The molecule has 3 N–H and O–H groups in total. The van der Waals surface area contributed by atoms with E-state index in [2.05, 4.69) is 41.1 Å². The van der Waals surface area contributed by atoms with Crippen LogP contribution in [0.15, 0.2) is 24.3 Å². The first-order valence-electron chi connectivity index (χ1n) is 8.10. The van der Waals surface area contributed by atoms with E-state index in [1.54, 1.807) is 0 Å². The standard InChI is InChI=1S/C11H15N2.C7H14NO2.V/c1-2-4-10(5-3-1)13-11-6-8-12-9-7-11;1-5-8-6(9)10-7(2,3)4;/h2-5,11-13H,6-9H2;1,5H2,2-4H3,(H,8,9);/q2*-1;+2. The summed E-state index contributed by atoms with van der Waals surface area (Å²) in [6, 6.07) is 11.7. The first-order chi connectivity index (χ1) is 10.9. The third-order valence-corrected chi connectivity index (χ3v) is 3.10. The van der Waals surface area contributed by atoms with E-state index >= 15 is 0 Å². The Morgan fingerprint density at radius 2 is 1.92 bits per heavy atom. The van der Waals surface area contributed by atoms with E-state index in [4.69, 9.17) is 4.74 Å². The van der Waals surface area contributed by atoms with Gasteiger partial charge in [0.25, 0.3) is 0 Å². The minimum absolute atomic E-state index is 0. The second-order valence-electron chi connectivity index (χ2n) is 6.39. The van der Waals surface area contributed by atoms with Crippen LogP contribution in [0.25, 0.3) is 0 Å². The van der Waals surface area contributed by atoms with E-state index in [0.29, 0.717) is 12.6 Å². The van der Waals surface area contributed by atoms with Gasteiger partial charge < -0.3 is 27.6 Å². The van der Waals surface area contributed by atoms with Crippen LogP contribution in [0.2, 0.25) is 0 Å². The predicted molar refractivity (Wildman–Crippen MR) is 94.4 cm³/mol. The van der Waals surface area contributed by atoms with Gasteiger partial charge in [-0.05, 0) is 46.7 Å². The van der Waals surface area contributed by atoms with Crippen LogP contribution in [0.1, 0.15) is 33.6 Å². The number of carbonyl (C=O) groups is 1. The Hall–Kier alpha value is -1.17. The maximum atomic E-state index is 10.7. The maximum absolute atomic E-state index is 10.7. The third-order valence-electron chi connectivity index (χ3n) is 3.10. The van der Waals surface area contributed by atoms with Crippen LogP contribution in [0.3, 0.4) is 0 Å². The molecule has 0 unspecified atom stereocenters. The summed E-state index contributed by atoms with van der Waals surface area (Å²) in [6.45, 7) is 11.5. The number of nitrogens with one attached hydrogen (secondary N) is 3. The van der Waals surface area contributed by atoms with E-state index in [0.717, 1.165) is 13.1 Å². The first-order valence-corrected chi connectivity index (χ1v) is 8.10. The van der Waals surface area contributed by atoms with E-state index in [1.807, 2.05) is 32.9 Å². The summed E-state index contributed by atoms with van der Waals surface area (Å²) in [5.41, 5.74) is 0.796. The van der Waals surface area contributed by atoms with Gasteiger partial charge in [0.15, 0.2) is 0 Å². The summed E-state index contributed by atoms with van der Waals surface area (Å²) in [7, 11) is 0. The summed E-state index contributed by atoms with van der Waals surface area (Å²) in [5, 5.41) is 9.30. The van der Waals surface area contributed by atoms with Crippen LogP contribution in [0.4, 0.5) is 10.5 Å². The number of piperidine rings is 1. The zero-order chi connectivity index (χ0) is 17.1. The Labute approximate surface area is 158 Å². The van der Waals surface area contributed by atoms with Gasteiger partial charge in [0.05, 0.1) is 0 Å². The number of amides is 1. The van der Waals surface area contributed by atoms with Gasteiger partial charge in [-0.15, -0.1) is 18.7 Å². The van der Waals surface area contributed by atoms with Gasteiger partial charge in [-0.2, -0.15) is 18.2 Å². The fourth-order valence-electron chi connectivity index (χ4n) is 2.10. The predicted octanol–water partition coefficient (Wildman–Crippen LogP) is 2.99. The normalized spacial score (nSPS) is 14.5. The van der Waals surface area contributed by atoms with Crippen molar-refractivity contribution in [2.75, 3.05) is 25.0 Å². The number of rotatable bonds is 3. The number of hydrogen-bond acceptors (Lipinski definition) is 4. The van der Waals surface area contributed by atoms with Crippen molar-refractivity contribution in [1.29, 1.82) is 0 Å². The molecule has 1 aromatic carbocycles. The van der Waals surface area contributed by atoms with E-state index in [1.165, 1.54) is 18.5 Å². The summed E-state index contributed by atoms with van der Waals surface area (Å²) in [6.07, 6.45) is 2.03. The zero-order valence-corrected chi connectivity index (χ0v) is 16.3. The first kappa shape index (κ1) is 22.8. The Morgan fingerprint density at radius 3 is 2.42 bits per heavy atom. The fraction of sp³-hybridized carbons (Fsp3) is 0.556. The molecule has 0 atom stereocenters. The van der Waals surface area contributed by atoms with E-state index in [9.17, 15) is 4.79 Å². The Balaban J connectivity index is 0.000000441. The van der Waals surface area contributed by atoms with Crippen LogP contribution in [0.5, 0.6) is 0 Å². The van der Waals surface area contributed by atoms with Gasteiger partial charge in [0, 0.05) is 6.04 Å². The molecule has 1 amide bonds. The topological polar surface area (TPSA) is 62.4 Å². The summed E-state index contributed by atoms with van der Waals surface area (Å²) >= 11 is 0. The number of anilines is 1. The summed E-state index contributed by atoms with van der Waals surface area (Å²) < 4.78 is 4.89. The van der Waals surface area contributed by atoms with Crippen molar-refractivity contribution in [3.05, 3.63) is 37.3 Å². The molecule has 0 aromatic heterocycles. The average Bonchev–Trinajstić information content (AvgIpc) is 2.48. The van der Waals surface area contributed by atoms with Gasteiger partial charge in [0.2, 0.25) is 0 Å². The molecule has 1 aliphatic heterocycles. The summed E-state index contributed by atoms with van der Waals surface area (Å²) in [4.78, 5) is 10.7. The zero-order valence-electron chi connectivity index (χ0n) is 14.9. The number of benzene rings is 1. The van der Waals surface area contributed by atoms with Gasteiger partial charge in [-0.25, -0.2) is 4.79 Å². The van der Waals surface area contributed by atoms with Gasteiger partial charge in [0.1, 0.15) is 5.60 Å². The molecular weight excluding hydrogens is 341 g/mol. The van der Waals surface area contributed by atoms with Crippen LogP contribution >= 0.6 is 0 Å². The monoisotopic (exact) mass is 370 g/mol. The molecule has 133 valence electrons. The smallest absolute Gasteiger partial charge is 0.444 e. The van der Waals surface area contributed by atoms with Crippen molar-refractivity contribution in [2.24, 2.45) is 0 Å². The third kappa shape index (κ3) is 11.4. The van der Waals surface area contributed by atoms with E-state index in [-0.39, 0.29) is 18.6 Å². The Morgan fingerprint density at radius 1 is 1.33 bits per heavy atom. The molecular formula is C18H29N3O2V. The number of hydrogen-bond donors (Lipinski definition) is 3. The molecule has 24 heavy (non-hydrogen) atoms. The minimum atomic E-state index is -0.417. The van der Waals surface area contributed by atoms with Crippen LogP contribution in [-0.4, -0.2) is 37.4 Å². The molecule has 5 nitrogen and oxygen atoms in total. The molecule has 1 fully saturated rings. The molecule has 6 heteroatoms. The molecule has 1 saturated heterocycles. The fourth-order valence-corrected chi connectivity index (χ4v) is 2.10. The van der Waals surface area contributed by atoms with Crippen LogP contribution < -0.4 is 16.0 Å². The second kappa shape index (κ2) is 12.2. The van der Waals surface area contributed by atoms with Crippen molar-refractivity contribution in [2.45, 2.75) is 45.3 Å². The molecule has 0 saturated carbocycles. The molecule has 0 bridgehead atoms. The number of ether oxygens (including phenoxy) is 1. The minimum Gasteiger partial charge on any atom is -0.444 e. The molecule has 1 aromatic rings. The van der Waals surface area contributed by atoms with Gasteiger partial charge >= 0.3 is 24.6 Å². The van der Waals surface area contributed by atoms with Crippen molar-refractivity contribution in [1.82, 2.24) is 10.6 Å². The molecule has 0 spiro atoms. The molecule has 1 radical (unpaired) electrons. The number of carbonyl (C=O) groups excluding carboxylic acids is 1. The van der Waals surface area contributed by atoms with Crippen LogP contribution in [-0.2, 0) is 23.3 Å². The molecule has 1 heterocycles. The van der Waals surface area contributed by atoms with E-state index < -0.39 is 11.7 Å². The second-order valence-corrected chi connectivity index (χ2v) is 6.39. The van der Waals surface area contributed by atoms with Gasteiger partial charge in [-0.3, -0.25) is 0 Å². The van der Waals surface area contributed by atoms with Crippen LogP contribution in [0, 0.1) is 13.0 Å².